The van der Waals surface area contributed by atoms with Crippen molar-refractivity contribution in [1.82, 2.24) is 4.90 Å². The lowest BCUT2D eigenvalue weighted by Gasteiger charge is -2.08. The molecule has 1 unspecified atom stereocenters. The highest BCUT2D eigenvalue weighted by Gasteiger charge is 2.40. The van der Waals surface area contributed by atoms with Gasteiger partial charge in [-0.3, -0.25) is 4.79 Å². The molecule has 1 atom stereocenters. The molecule has 3 nitrogen and oxygen atoms in total. The van der Waals surface area contributed by atoms with Crippen LogP contribution in [0, 0.1) is 0 Å². The molecule has 1 aliphatic heterocycles. The maximum Gasteiger partial charge on any atom is 0.258 e. The second-order valence-corrected chi connectivity index (χ2v) is 4.58. The standard InChI is InChI=1S/C16H15NO2/c1-19-15-10-6-5-9-13(15)16(18)17-11-14(17)12-7-3-2-4-8-12/h2-10,14H,11H2,1H3. The van der Waals surface area contributed by atoms with Crippen molar-refractivity contribution in [2.75, 3.05) is 13.7 Å². The van der Waals surface area contributed by atoms with Gasteiger partial charge in [-0.1, -0.05) is 42.5 Å². The number of para-hydroxylation sites is 1. The van der Waals surface area contributed by atoms with Crippen LogP contribution in [0.2, 0.25) is 0 Å². The maximum atomic E-state index is 12.4. The molecule has 3 rings (SSSR count). The Hall–Kier alpha value is -2.29. The molecule has 2 aromatic carbocycles. The molecule has 1 aliphatic rings. The van der Waals surface area contributed by atoms with Crippen molar-refractivity contribution in [3.63, 3.8) is 0 Å². The third-order valence-electron chi connectivity index (χ3n) is 3.39. The minimum Gasteiger partial charge on any atom is -0.496 e. The molecule has 0 aliphatic carbocycles. The van der Waals surface area contributed by atoms with E-state index in [-0.39, 0.29) is 11.9 Å². The largest absolute Gasteiger partial charge is 0.496 e. The number of amides is 1. The summed E-state index contributed by atoms with van der Waals surface area (Å²) in [5.74, 6) is 0.664. The zero-order valence-corrected chi connectivity index (χ0v) is 10.7. The van der Waals surface area contributed by atoms with Gasteiger partial charge in [0.25, 0.3) is 5.91 Å². The van der Waals surface area contributed by atoms with Crippen molar-refractivity contribution >= 4 is 5.91 Å². The Labute approximate surface area is 112 Å². The van der Waals surface area contributed by atoms with Gasteiger partial charge in [-0.25, -0.2) is 0 Å². The van der Waals surface area contributed by atoms with E-state index >= 15 is 0 Å². The number of benzene rings is 2. The number of hydrogen-bond acceptors (Lipinski definition) is 2. The van der Waals surface area contributed by atoms with Crippen molar-refractivity contribution in [3.8, 4) is 5.75 Å². The van der Waals surface area contributed by atoms with Gasteiger partial charge in [0.05, 0.1) is 18.7 Å². The van der Waals surface area contributed by atoms with Gasteiger partial charge in [0.1, 0.15) is 5.75 Å². The van der Waals surface area contributed by atoms with E-state index in [1.165, 1.54) is 5.56 Å². The van der Waals surface area contributed by atoms with Crippen molar-refractivity contribution in [3.05, 3.63) is 65.7 Å². The summed E-state index contributed by atoms with van der Waals surface area (Å²) < 4.78 is 5.24. The molecule has 1 saturated heterocycles. The molecule has 0 aromatic heterocycles. The zero-order valence-electron chi connectivity index (χ0n) is 10.7. The lowest BCUT2D eigenvalue weighted by atomic mass is 10.1. The summed E-state index contributed by atoms with van der Waals surface area (Å²) in [6.07, 6.45) is 0. The van der Waals surface area contributed by atoms with Gasteiger partial charge in [0.15, 0.2) is 0 Å². The fourth-order valence-electron chi connectivity index (χ4n) is 2.30. The number of nitrogens with zero attached hydrogens (tertiary/aromatic N) is 1. The smallest absolute Gasteiger partial charge is 0.258 e. The molecule has 1 amide bonds. The van der Waals surface area contributed by atoms with E-state index in [1.807, 2.05) is 47.4 Å². The molecule has 0 spiro atoms. The summed E-state index contributed by atoms with van der Waals surface area (Å²) in [4.78, 5) is 14.3. The maximum absolute atomic E-state index is 12.4. The van der Waals surface area contributed by atoms with Crippen LogP contribution >= 0.6 is 0 Å². The number of carbonyl (C=O) groups is 1. The number of carbonyl (C=O) groups excluding carboxylic acids is 1. The summed E-state index contributed by atoms with van der Waals surface area (Å²) >= 11 is 0. The molecular formula is C16H15NO2. The average molecular weight is 253 g/mol. The normalized spacial score (nSPS) is 17.1. The van der Waals surface area contributed by atoms with Crippen molar-refractivity contribution < 1.29 is 9.53 Å². The SMILES string of the molecule is COc1ccccc1C(=O)N1CC1c1ccccc1. The van der Waals surface area contributed by atoms with Crippen LogP contribution in [0.15, 0.2) is 54.6 Å². The Morgan fingerprint density at radius 3 is 2.53 bits per heavy atom. The molecule has 0 bridgehead atoms. The van der Waals surface area contributed by atoms with Gasteiger partial charge in [-0.2, -0.15) is 0 Å². The van der Waals surface area contributed by atoms with Crippen molar-refractivity contribution in [1.29, 1.82) is 0 Å². The Kier molecular flexibility index (Phi) is 2.95. The first-order valence-electron chi connectivity index (χ1n) is 6.30. The van der Waals surface area contributed by atoms with Crippen LogP contribution < -0.4 is 4.74 Å². The fourth-order valence-corrected chi connectivity index (χ4v) is 2.30. The highest BCUT2D eigenvalue weighted by Crippen LogP contribution is 2.37. The van der Waals surface area contributed by atoms with Crippen molar-refractivity contribution in [2.24, 2.45) is 0 Å². The topological polar surface area (TPSA) is 29.3 Å². The molecule has 0 N–H and O–H groups in total. The van der Waals surface area contributed by atoms with Gasteiger partial charge in [0.2, 0.25) is 0 Å². The van der Waals surface area contributed by atoms with Crippen molar-refractivity contribution in [2.45, 2.75) is 6.04 Å². The lowest BCUT2D eigenvalue weighted by molar-refractivity contribution is 0.0871. The number of ether oxygens (including phenoxy) is 1. The summed E-state index contributed by atoms with van der Waals surface area (Å²) in [7, 11) is 1.59. The molecular weight excluding hydrogens is 238 g/mol. The van der Waals surface area contributed by atoms with Gasteiger partial charge in [-0.15, -0.1) is 0 Å². The molecule has 1 heterocycles. The minimum atomic E-state index is 0.0336. The Balaban J connectivity index is 1.80. The molecule has 0 saturated carbocycles. The lowest BCUT2D eigenvalue weighted by Crippen LogP contribution is -2.12. The molecule has 2 aromatic rings. The Bertz CT molecular complexity index is 595. The minimum absolute atomic E-state index is 0.0336. The second-order valence-electron chi connectivity index (χ2n) is 4.58. The monoisotopic (exact) mass is 253 g/mol. The summed E-state index contributed by atoms with van der Waals surface area (Å²) in [5.41, 5.74) is 1.81. The molecule has 0 radical (unpaired) electrons. The highest BCUT2D eigenvalue weighted by molar-refractivity contribution is 5.98. The predicted molar refractivity (Wildman–Crippen MR) is 73.2 cm³/mol. The third-order valence-corrected chi connectivity index (χ3v) is 3.39. The predicted octanol–water partition coefficient (Wildman–Crippen LogP) is 2.89. The van der Waals surface area contributed by atoms with E-state index in [4.69, 9.17) is 4.74 Å². The van der Waals surface area contributed by atoms with Crippen LogP contribution in [-0.2, 0) is 0 Å². The van der Waals surface area contributed by atoms with E-state index in [0.717, 1.165) is 6.54 Å². The van der Waals surface area contributed by atoms with E-state index in [2.05, 4.69) is 12.1 Å². The van der Waals surface area contributed by atoms with E-state index in [0.29, 0.717) is 11.3 Å². The van der Waals surface area contributed by atoms with Crippen LogP contribution in [-0.4, -0.2) is 24.5 Å². The number of rotatable bonds is 3. The zero-order chi connectivity index (χ0) is 13.2. The van der Waals surface area contributed by atoms with Gasteiger partial charge in [0, 0.05) is 6.54 Å². The van der Waals surface area contributed by atoms with Gasteiger partial charge < -0.3 is 9.64 Å². The molecule has 19 heavy (non-hydrogen) atoms. The van der Waals surface area contributed by atoms with Crippen LogP contribution in [0.25, 0.3) is 0 Å². The summed E-state index contributed by atoms with van der Waals surface area (Å²) in [5, 5.41) is 0. The van der Waals surface area contributed by atoms with Crippen LogP contribution in [0.5, 0.6) is 5.75 Å². The van der Waals surface area contributed by atoms with E-state index in [1.54, 1.807) is 7.11 Å². The van der Waals surface area contributed by atoms with Gasteiger partial charge in [-0.05, 0) is 17.7 Å². The highest BCUT2D eigenvalue weighted by atomic mass is 16.5. The average Bonchev–Trinajstić information content (AvgIpc) is 3.28. The first-order valence-corrected chi connectivity index (χ1v) is 6.30. The van der Waals surface area contributed by atoms with E-state index in [9.17, 15) is 4.79 Å². The first-order chi connectivity index (χ1) is 9.31. The van der Waals surface area contributed by atoms with E-state index < -0.39 is 0 Å². The first kappa shape index (κ1) is 11.8. The Morgan fingerprint density at radius 2 is 1.79 bits per heavy atom. The van der Waals surface area contributed by atoms with Gasteiger partial charge >= 0.3 is 0 Å². The van der Waals surface area contributed by atoms with Crippen LogP contribution in [0.4, 0.5) is 0 Å². The number of methoxy groups -OCH3 is 1. The number of hydrogen-bond donors (Lipinski definition) is 0. The van der Waals surface area contributed by atoms with Crippen LogP contribution in [0.1, 0.15) is 22.0 Å². The Morgan fingerprint density at radius 1 is 1.11 bits per heavy atom. The second kappa shape index (κ2) is 4.76. The fraction of sp³-hybridized carbons (Fsp3) is 0.188. The quantitative estimate of drug-likeness (QED) is 0.787. The van der Waals surface area contributed by atoms with Crippen LogP contribution in [0.3, 0.4) is 0 Å². The molecule has 96 valence electrons. The molecule has 1 fully saturated rings. The summed E-state index contributed by atoms with van der Waals surface area (Å²) in [6, 6.07) is 17.6. The third kappa shape index (κ3) is 2.19. The molecule has 3 heteroatoms. The summed E-state index contributed by atoms with van der Waals surface area (Å²) in [6.45, 7) is 0.779.